The monoisotopic (exact) mass is 261 g/mol. The first-order valence-corrected chi connectivity index (χ1v) is 5.09. The highest BCUT2D eigenvalue weighted by Crippen LogP contribution is 2.12. The molecule has 0 unspecified atom stereocenters. The number of hydrogen-bond acceptors (Lipinski definition) is 0. The normalized spacial score (nSPS) is 10.6. The summed E-state index contributed by atoms with van der Waals surface area (Å²) in [6.07, 6.45) is 0. The van der Waals surface area contributed by atoms with E-state index in [-0.39, 0.29) is 17.0 Å². The van der Waals surface area contributed by atoms with Gasteiger partial charge in [0, 0.05) is 0 Å². The van der Waals surface area contributed by atoms with Gasteiger partial charge in [-0.3, -0.25) is 0 Å². The van der Waals surface area contributed by atoms with Crippen molar-refractivity contribution in [1.29, 1.82) is 0 Å². The van der Waals surface area contributed by atoms with E-state index in [9.17, 15) is 0 Å². The highest BCUT2D eigenvalue weighted by Gasteiger charge is 2.22. The van der Waals surface area contributed by atoms with E-state index in [1.54, 1.807) is 0 Å². The quantitative estimate of drug-likeness (QED) is 0.467. The summed E-state index contributed by atoms with van der Waals surface area (Å²) in [6.45, 7) is 21.2. The lowest BCUT2D eigenvalue weighted by Gasteiger charge is -2.37. The molecule has 0 spiro atoms. The Hall–Kier alpha value is -0.0800. The van der Waals surface area contributed by atoms with Crippen molar-refractivity contribution >= 4 is 0 Å². The Balaban J connectivity index is 0. The van der Waals surface area contributed by atoms with Gasteiger partial charge in [-0.15, -0.1) is 0 Å². The summed E-state index contributed by atoms with van der Waals surface area (Å²) >= 11 is 0. The van der Waals surface area contributed by atoms with Gasteiger partial charge in [0.2, 0.25) is 0 Å². The van der Waals surface area contributed by atoms with Crippen molar-refractivity contribution in [3.63, 3.8) is 0 Å². The van der Waals surface area contributed by atoms with Crippen molar-refractivity contribution in [1.82, 2.24) is 0 Å². The second-order valence-corrected chi connectivity index (χ2v) is 4.20. The topological polar surface area (TPSA) is 0 Å². The van der Waals surface area contributed by atoms with Gasteiger partial charge in [-0.05, 0) is 38.8 Å². The fourth-order valence-electron chi connectivity index (χ4n) is 1.87. The van der Waals surface area contributed by atoms with Gasteiger partial charge in [-0.1, -0.05) is 13.2 Å². The van der Waals surface area contributed by atoms with Gasteiger partial charge in [0.25, 0.3) is 0 Å². The number of nitrogens with zero attached hydrogens (tertiary/aromatic N) is 1. The first kappa shape index (κ1) is 16.4. The number of likely N-dealkylation sites (N-methyl/N-ethyl adjacent to an activating group) is 1. The maximum atomic E-state index is 4.00. The molecule has 0 aliphatic carbocycles. The van der Waals surface area contributed by atoms with Crippen LogP contribution in [0.5, 0.6) is 0 Å². The van der Waals surface area contributed by atoms with Crippen molar-refractivity contribution in [3.05, 3.63) is 24.3 Å². The number of halogens is 1. The molecule has 0 bridgehead atoms. The molecule has 0 aromatic carbocycles. The van der Waals surface area contributed by atoms with E-state index in [0.29, 0.717) is 0 Å². The Morgan fingerprint density at radius 1 is 0.929 bits per heavy atom. The summed E-state index contributed by atoms with van der Waals surface area (Å²) < 4.78 is 1.10. The molecule has 0 atom stereocenters. The third-order valence-corrected chi connectivity index (χ3v) is 2.55. The predicted molar refractivity (Wildman–Crippen MR) is 60.7 cm³/mol. The second kappa shape index (κ2) is 7.24. The third-order valence-electron chi connectivity index (χ3n) is 2.55. The number of hydrogen-bond donors (Lipinski definition) is 0. The Kier molecular flexibility index (Phi) is 8.46. The summed E-state index contributed by atoms with van der Waals surface area (Å²) in [4.78, 5) is 0. The zero-order valence-electron chi connectivity index (χ0n) is 10.1. The zero-order valence-corrected chi connectivity index (χ0v) is 11.7. The average molecular weight is 262 g/mol. The molecule has 2 heteroatoms. The lowest BCUT2D eigenvalue weighted by molar-refractivity contribution is -0.916. The first-order chi connectivity index (χ1) is 5.95. The fraction of sp³-hybridized carbons (Fsp3) is 0.667. The highest BCUT2D eigenvalue weighted by molar-refractivity contribution is 4.92. The van der Waals surface area contributed by atoms with E-state index in [1.165, 1.54) is 11.1 Å². The van der Waals surface area contributed by atoms with Gasteiger partial charge in [0.15, 0.2) is 0 Å². The van der Waals surface area contributed by atoms with Crippen LogP contribution in [0.15, 0.2) is 24.3 Å². The van der Waals surface area contributed by atoms with Crippen LogP contribution in [0.4, 0.5) is 0 Å². The van der Waals surface area contributed by atoms with Crippen LogP contribution >= 0.6 is 0 Å². The van der Waals surface area contributed by atoms with Gasteiger partial charge in [-0.25, -0.2) is 0 Å². The minimum absolute atomic E-state index is 0. The smallest absolute Gasteiger partial charge is 0.1000 e. The van der Waals surface area contributed by atoms with Gasteiger partial charge in [0.1, 0.15) is 0 Å². The lowest BCUT2D eigenvalue weighted by atomic mass is 10.2. The summed E-state index contributed by atoms with van der Waals surface area (Å²) in [6, 6.07) is 0. The minimum atomic E-state index is 0. The van der Waals surface area contributed by atoms with Gasteiger partial charge >= 0.3 is 0 Å². The Morgan fingerprint density at radius 2 is 1.21 bits per heavy atom. The maximum absolute atomic E-state index is 4.00. The first-order valence-electron chi connectivity index (χ1n) is 5.09. The van der Waals surface area contributed by atoms with Crippen molar-refractivity contribution in [2.75, 3.05) is 26.2 Å². The Bertz CT molecular complexity index is 174. The van der Waals surface area contributed by atoms with Crippen LogP contribution in [-0.4, -0.2) is 30.7 Å². The molecule has 1 nitrogen and oxygen atoms in total. The van der Waals surface area contributed by atoms with E-state index in [2.05, 4.69) is 40.9 Å². The van der Waals surface area contributed by atoms with Crippen LogP contribution in [-0.2, 0) is 0 Å². The molecule has 0 amide bonds. The molecule has 84 valence electrons. The minimum Gasteiger partial charge on any atom is -1.00 e. The average Bonchev–Trinajstić information content (AvgIpc) is 2.01. The third kappa shape index (κ3) is 5.61. The largest absolute Gasteiger partial charge is 1.00 e. The molecule has 0 radical (unpaired) electrons. The summed E-state index contributed by atoms with van der Waals surface area (Å²) in [7, 11) is 0. The van der Waals surface area contributed by atoms with E-state index in [1.807, 2.05) is 0 Å². The molecule has 0 N–H and O–H groups in total. The maximum Gasteiger partial charge on any atom is 0.1000 e. The Morgan fingerprint density at radius 3 is 1.36 bits per heavy atom. The molecular formula is C12H24BrN. The fourth-order valence-corrected chi connectivity index (χ4v) is 1.87. The zero-order chi connectivity index (χ0) is 10.5. The van der Waals surface area contributed by atoms with Crippen LogP contribution in [0.3, 0.4) is 0 Å². The van der Waals surface area contributed by atoms with Crippen LogP contribution in [0.25, 0.3) is 0 Å². The second-order valence-electron chi connectivity index (χ2n) is 4.20. The SMILES string of the molecule is C=C(C)C[N+](CC)(CC)CC(=C)C.[Br-]. The standard InChI is InChI=1S/C12H24N.BrH/c1-7-13(8-2,9-11(3)4)10-12(5)6;/h3,5,7-10H2,1-2,4,6H3;1H/q+1;/p-1. The molecule has 0 fully saturated rings. The van der Waals surface area contributed by atoms with Crippen LogP contribution in [0.1, 0.15) is 27.7 Å². The molecule has 0 aliphatic rings. The van der Waals surface area contributed by atoms with Crippen LogP contribution in [0, 0.1) is 0 Å². The van der Waals surface area contributed by atoms with Crippen molar-refractivity contribution in [3.8, 4) is 0 Å². The molecule has 0 aliphatic heterocycles. The van der Waals surface area contributed by atoms with Gasteiger partial charge in [0.05, 0.1) is 26.2 Å². The van der Waals surface area contributed by atoms with Gasteiger partial charge < -0.3 is 21.5 Å². The van der Waals surface area contributed by atoms with E-state index in [0.717, 1.165) is 30.7 Å². The number of quaternary nitrogens is 1. The number of rotatable bonds is 6. The van der Waals surface area contributed by atoms with Crippen LogP contribution in [0.2, 0.25) is 0 Å². The molecule has 14 heavy (non-hydrogen) atoms. The van der Waals surface area contributed by atoms with E-state index >= 15 is 0 Å². The Labute approximate surface area is 99.9 Å². The summed E-state index contributed by atoms with van der Waals surface area (Å²) in [5.74, 6) is 0. The molecule has 0 rings (SSSR count). The van der Waals surface area contributed by atoms with E-state index in [4.69, 9.17) is 0 Å². The van der Waals surface area contributed by atoms with Crippen molar-refractivity contribution < 1.29 is 21.5 Å². The molecule has 0 saturated carbocycles. The molecular weight excluding hydrogens is 238 g/mol. The van der Waals surface area contributed by atoms with Crippen LogP contribution < -0.4 is 17.0 Å². The molecule has 0 aromatic heterocycles. The lowest BCUT2D eigenvalue weighted by Crippen LogP contribution is -3.00. The van der Waals surface area contributed by atoms with Crippen molar-refractivity contribution in [2.45, 2.75) is 27.7 Å². The summed E-state index contributed by atoms with van der Waals surface area (Å²) in [5.41, 5.74) is 2.54. The summed E-state index contributed by atoms with van der Waals surface area (Å²) in [5, 5.41) is 0. The van der Waals surface area contributed by atoms with E-state index < -0.39 is 0 Å². The van der Waals surface area contributed by atoms with Crippen molar-refractivity contribution in [2.24, 2.45) is 0 Å². The van der Waals surface area contributed by atoms with Gasteiger partial charge in [-0.2, -0.15) is 0 Å². The molecule has 0 aromatic rings. The molecule has 0 saturated heterocycles. The highest BCUT2D eigenvalue weighted by atomic mass is 79.9. The molecule has 0 heterocycles. The predicted octanol–water partition coefficient (Wildman–Crippen LogP) is -0.000800.